The molecule has 3 rings (SSSR count). The van der Waals surface area contributed by atoms with Crippen molar-refractivity contribution in [2.24, 2.45) is 4.99 Å². The van der Waals surface area contributed by atoms with Crippen LogP contribution in [-0.2, 0) is 0 Å². The minimum absolute atomic E-state index is 0.0410. The molecule has 0 aliphatic carbocycles. The molecule has 7 nitrogen and oxygen atoms in total. The molecular weight excluding hydrogens is 478 g/mol. The molecule has 34 heavy (non-hydrogen) atoms. The van der Waals surface area contributed by atoms with Gasteiger partial charge in [-0.1, -0.05) is 11.6 Å². The molecule has 0 spiro atoms. The van der Waals surface area contributed by atoms with E-state index in [0.29, 0.717) is 11.4 Å². The van der Waals surface area contributed by atoms with Crippen LogP contribution in [0.15, 0.2) is 53.8 Å². The van der Waals surface area contributed by atoms with Crippen molar-refractivity contribution in [2.45, 2.75) is 12.6 Å². The van der Waals surface area contributed by atoms with E-state index in [1.807, 2.05) is 0 Å². The molecule has 2 aromatic carbocycles. The third-order valence-electron chi connectivity index (χ3n) is 4.59. The number of anilines is 3. The Hall–Kier alpha value is -3.73. The topological polar surface area (TPSA) is 79.7 Å². The zero-order valence-corrected chi connectivity index (χ0v) is 18.5. The van der Waals surface area contributed by atoms with E-state index in [0.717, 1.165) is 18.3 Å². The fourth-order valence-electron chi connectivity index (χ4n) is 2.96. The van der Waals surface area contributed by atoms with E-state index in [-0.39, 0.29) is 27.9 Å². The molecule has 1 N–H and O–H groups in total. The van der Waals surface area contributed by atoms with Crippen LogP contribution < -0.4 is 15.0 Å². The number of benzene rings is 2. The van der Waals surface area contributed by atoms with E-state index in [9.17, 15) is 22.4 Å². The number of nitrogens with one attached hydrogen (secondary N) is 1. The molecule has 0 aliphatic heterocycles. The SMILES string of the molecule is C=Nc1cc(OC)ccc1N(CCC(F)(F)F)c1cnc(NC(=O)c2cc(Cl)ccc2F)cn1. The Balaban J connectivity index is 1.89. The number of halogens is 5. The number of rotatable bonds is 8. The maximum absolute atomic E-state index is 13.9. The van der Waals surface area contributed by atoms with Gasteiger partial charge < -0.3 is 15.0 Å². The van der Waals surface area contributed by atoms with Gasteiger partial charge in [0.1, 0.15) is 11.6 Å². The molecule has 0 aliphatic rings. The number of aromatic nitrogens is 2. The van der Waals surface area contributed by atoms with Gasteiger partial charge in [0.05, 0.1) is 42.9 Å². The van der Waals surface area contributed by atoms with Gasteiger partial charge in [0.25, 0.3) is 5.91 Å². The van der Waals surface area contributed by atoms with Gasteiger partial charge in [-0.3, -0.25) is 9.79 Å². The summed E-state index contributed by atoms with van der Waals surface area (Å²) in [6.45, 7) is 2.98. The van der Waals surface area contributed by atoms with E-state index in [4.69, 9.17) is 16.3 Å². The maximum atomic E-state index is 13.9. The Morgan fingerprint density at radius 3 is 2.59 bits per heavy atom. The van der Waals surface area contributed by atoms with Crippen molar-refractivity contribution < 1.29 is 27.1 Å². The minimum Gasteiger partial charge on any atom is -0.497 e. The van der Waals surface area contributed by atoms with Gasteiger partial charge in [0.2, 0.25) is 0 Å². The van der Waals surface area contributed by atoms with Crippen LogP contribution in [0.3, 0.4) is 0 Å². The maximum Gasteiger partial charge on any atom is 0.390 e. The average molecular weight is 496 g/mol. The number of ether oxygens (including phenoxy) is 1. The number of carbonyl (C=O) groups is 1. The van der Waals surface area contributed by atoms with E-state index in [1.54, 1.807) is 6.07 Å². The summed E-state index contributed by atoms with van der Waals surface area (Å²) in [7, 11) is 1.44. The largest absolute Gasteiger partial charge is 0.497 e. The predicted molar refractivity (Wildman–Crippen MR) is 121 cm³/mol. The quantitative estimate of drug-likeness (QED) is 0.308. The van der Waals surface area contributed by atoms with Crippen LogP contribution in [0, 0.1) is 5.82 Å². The van der Waals surface area contributed by atoms with Gasteiger partial charge in [0.15, 0.2) is 11.6 Å². The van der Waals surface area contributed by atoms with Crippen molar-refractivity contribution in [3.05, 3.63) is 65.2 Å². The summed E-state index contributed by atoms with van der Waals surface area (Å²) < 4.78 is 58.0. The van der Waals surface area contributed by atoms with Crippen LogP contribution in [0.2, 0.25) is 5.02 Å². The predicted octanol–water partition coefficient (Wildman–Crippen LogP) is 5.95. The molecule has 12 heteroatoms. The lowest BCUT2D eigenvalue weighted by Crippen LogP contribution is -2.25. The molecule has 3 aromatic rings. The standard InChI is InChI=1S/C22H18ClF4N5O2/c1-28-17-10-14(34-2)4-6-18(17)32(8-7-22(25,26)27)20-12-29-19(11-30-20)31-21(33)15-9-13(23)3-5-16(15)24/h3-6,9-12H,1,7-8H2,2H3,(H,29,31,33). The third kappa shape index (κ3) is 6.19. The molecule has 0 atom stereocenters. The highest BCUT2D eigenvalue weighted by molar-refractivity contribution is 6.31. The Morgan fingerprint density at radius 2 is 1.97 bits per heavy atom. The van der Waals surface area contributed by atoms with Gasteiger partial charge in [-0.05, 0) is 37.0 Å². The van der Waals surface area contributed by atoms with Crippen molar-refractivity contribution >= 4 is 47.2 Å². The summed E-state index contributed by atoms with van der Waals surface area (Å²) in [6, 6.07) is 8.10. The molecule has 0 fully saturated rings. The molecule has 178 valence electrons. The van der Waals surface area contributed by atoms with Crippen LogP contribution in [0.4, 0.5) is 40.6 Å². The monoisotopic (exact) mass is 495 g/mol. The fourth-order valence-corrected chi connectivity index (χ4v) is 3.13. The van der Waals surface area contributed by atoms with Crippen molar-refractivity contribution in [1.29, 1.82) is 0 Å². The molecule has 1 aromatic heterocycles. The van der Waals surface area contributed by atoms with Crippen molar-refractivity contribution in [3.8, 4) is 5.75 Å². The number of hydrogen-bond acceptors (Lipinski definition) is 6. The van der Waals surface area contributed by atoms with Crippen LogP contribution >= 0.6 is 11.6 Å². The Bertz CT molecular complexity index is 1190. The summed E-state index contributed by atoms with van der Waals surface area (Å²) >= 11 is 5.80. The highest BCUT2D eigenvalue weighted by Gasteiger charge is 2.29. The van der Waals surface area contributed by atoms with Gasteiger partial charge in [-0.15, -0.1) is 0 Å². The Labute approximate surface area is 197 Å². The van der Waals surface area contributed by atoms with Crippen molar-refractivity contribution in [3.63, 3.8) is 0 Å². The van der Waals surface area contributed by atoms with Gasteiger partial charge >= 0.3 is 6.18 Å². The van der Waals surface area contributed by atoms with E-state index in [2.05, 4.69) is 27.0 Å². The molecule has 0 bridgehead atoms. The lowest BCUT2D eigenvalue weighted by molar-refractivity contribution is -0.132. The lowest BCUT2D eigenvalue weighted by Gasteiger charge is -2.25. The zero-order chi connectivity index (χ0) is 24.9. The second-order valence-corrected chi connectivity index (χ2v) is 7.30. The third-order valence-corrected chi connectivity index (χ3v) is 4.83. The highest BCUT2D eigenvalue weighted by atomic mass is 35.5. The summed E-state index contributed by atoms with van der Waals surface area (Å²) in [4.78, 5) is 25.6. The fraction of sp³-hybridized carbons (Fsp3) is 0.182. The zero-order valence-electron chi connectivity index (χ0n) is 17.7. The Kier molecular flexibility index (Phi) is 7.67. The summed E-state index contributed by atoms with van der Waals surface area (Å²) in [5, 5.41) is 2.54. The number of nitrogens with zero attached hydrogens (tertiary/aromatic N) is 4. The number of hydrogen-bond donors (Lipinski definition) is 1. The van der Waals surface area contributed by atoms with E-state index < -0.39 is 30.9 Å². The van der Waals surface area contributed by atoms with Gasteiger partial charge in [-0.25, -0.2) is 14.4 Å². The summed E-state index contributed by atoms with van der Waals surface area (Å²) in [5.41, 5.74) is 0.273. The molecule has 0 unspecified atom stereocenters. The smallest absolute Gasteiger partial charge is 0.390 e. The molecule has 0 saturated carbocycles. The molecule has 0 saturated heterocycles. The van der Waals surface area contributed by atoms with E-state index >= 15 is 0 Å². The van der Waals surface area contributed by atoms with Crippen LogP contribution in [0.5, 0.6) is 5.75 Å². The van der Waals surface area contributed by atoms with Crippen molar-refractivity contribution in [1.82, 2.24) is 9.97 Å². The Morgan fingerprint density at radius 1 is 1.21 bits per heavy atom. The second kappa shape index (κ2) is 10.5. The first-order chi connectivity index (χ1) is 16.1. The average Bonchev–Trinajstić information content (AvgIpc) is 2.81. The number of carbonyl (C=O) groups excluding carboxylic acids is 1. The van der Waals surface area contributed by atoms with Gasteiger partial charge in [0, 0.05) is 17.6 Å². The van der Waals surface area contributed by atoms with Gasteiger partial charge in [-0.2, -0.15) is 13.2 Å². The molecule has 1 amide bonds. The second-order valence-electron chi connectivity index (χ2n) is 6.87. The first kappa shape index (κ1) is 24.9. The molecule has 0 radical (unpaired) electrons. The van der Waals surface area contributed by atoms with Crippen LogP contribution in [-0.4, -0.2) is 42.4 Å². The number of methoxy groups -OCH3 is 1. The summed E-state index contributed by atoms with van der Waals surface area (Å²) in [5.74, 6) is -1.13. The molecule has 1 heterocycles. The first-order valence-electron chi connectivity index (χ1n) is 9.69. The normalized spacial score (nSPS) is 11.1. The molecular formula is C22H18ClF4N5O2. The van der Waals surface area contributed by atoms with Crippen LogP contribution in [0.1, 0.15) is 16.8 Å². The number of alkyl halides is 3. The first-order valence-corrected chi connectivity index (χ1v) is 10.1. The van der Waals surface area contributed by atoms with Crippen LogP contribution in [0.25, 0.3) is 0 Å². The number of aliphatic imine (C=N–C) groups is 1. The van der Waals surface area contributed by atoms with Crippen molar-refractivity contribution in [2.75, 3.05) is 23.9 Å². The van der Waals surface area contributed by atoms with E-state index in [1.165, 1.54) is 36.4 Å². The highest BCUT2D eigenvalue weighted by Crippen LogP contribution is 2.37. The lowest BCUT2D eigenvalue weighted by atomic mass is 10.2. The number of amides is 1. The minimum atomic E-state index is -4.42. The summed E-state index contributed by atoms with van der Waals surface area (Å²) in [6.07, 6.45) is -3.24.